The summed E-state index contributed by atoms with van der Waals surface area (Å²) in [6.07, 6.45) is 9.60. The van der Waals surface area contributed by atoms with Crippen LogP contribution in [0.2, 0.25) is 0 Å². The molecule has 3 fully saturated rings. The zero-order chi connectivity index (χ0) is 21.7. The summed E-state index contributed by atoms with van der Waals surface area (Å²) >= 11 is 0. The zero-order valence-corrected chi connectivity index (χ0v) is 19.8. The van der Waals surface area contributed by atoms with Gasteiger partial charge in [0, 0.05) is 43.8 Å². The fourth-order valence-electron chi connectivity index (χ4n) is 6.97. The van der Waals surface area contributed by atoms with Crippen LogP contribution in [0.4, 0.5) is 0 Å². The van der Waals surface area contributed by atoms with Crippen molar-refractivity contribution in [1.29, 1.82) is 0 Å². The first-order valence-corrected chi connectivity index (χ1v) is 12.8. The number of hydrogen-bond donors (Lipinski definition) is 4. The van der Waals surface area contributed by atoms with Crippen molar-refractivity contribution in [1.82, 2.24) is 9.80 Å². The van der Waals surface area contributed by atoms with E-state index in [-0.39, 0.29) is 5.54 Å². The van der Waals surface area contributed by atoms with Crippen LogP contribution in [0, 0.1) is 23.7 Å². The van der Waals surface area contributed by atoms with Crippen LogP contribution in [0.3, 0.4) is 0 Å². The van der Waals surface area contributed by atoms with Gasteiger partial charge in [0.05, 0.1) is 0 Å². The van der Waals surface area contributed by atoms with E-state index < -0.39 is 0 Å². The maximum atomic E-state index is 6.47. The maximum Gasteiger partial charge on any atom is 0.0393 e. The molecule has 1 aliphatic heterocycles. The molecule has 6 unspecified atom stereocenters. The largest absolute Gasteiger partial charge is 0.330 e. The first-order valence-electron chi connectivity index (χ1n) is 12.8. The van der Waals surface area contributed by atoms with E-state index in [4.69, 9.17) is 22.9 Å². The molecule has 3 aliphatic rings. The third-order valence-electron chi connectivity index (χ3n) is 8.95. The summed E-state index contributed by atoms with van der Waals surface area (Å²) < 4.78 is 0. The summed E-state index contributed by atoms with van der Waals surface area (Å²) in [6, 6.07) is 0.734. The fourth-order valence-corrected chi connectivity index (χ4v) is 6.97. The molecule has 3 rings (SSSR count). The quantitative estimate of drug-likeness (QED) is 0.472. The van der Waals surface area contributed by atoms with Crippen molar-refractivity contribution in [3.8, 4) is 0 Å². The van der Waals surface area contributed by atoms with Crippen molar-refractivity contribution in [3.63, 3.8) is 0 Å². The maximum absolute atomic E-state index is 6.47. The average Bonchev–Trinajstić information content (AvgIpc) is 2.74. The van der Waals surface area contributed by atoms with E-state index in [1.54, 1.807) is 0 Å². The van der Waals surface area contributed by atoms with E-state index in [1.807, 2.05) is 0 Å². The van der Waals surface area contributed by atoms with Gasteiger partial charge in [0.25, 0.3) is 0 Å². The minimum absolute atomic E-state index is 0.241. The molecule has 8 N–H and O–H groups in total. The molecule has 176 valence electrons. The van der Waals surface area contributed by atoms with E-state index in [9.17, 15) is 0 Å². The van der Waals surface area contributed by atoms with Crippen LogP contribution in [0.25, 0.3) is 0 Å². The highest BCUT2D eigenvalue weighted by molar-refractivity contribution is 5.09. The first kappa shape index (κ1) is 24.4. The SMILES string of the molecule is CC1CC(C2(C3CCC(N)C(C)C3)CN(CCCN)CCN2CCCN)CCC1N. The van der Waals surface area contributed by atoms with Gasteiger partial charge < -0.3 is 27.8 Å². The molecule has 1 saturated heterocycles. The molecule has 0 aromatic heterocycles. The van der Waals surface area contributed by atoms with Crippen molar-refractivity contribution in [3.05, 3.63) is 0 Å². The molecular weight excluding hydrogens is 372 g/mol. The van der Waals surface area contributed by atoms with Crippen LogP contribution in [-0.4, -0.2) is 73.2 Å². The van der Waals surface area contributed by atoms with Gasteiger partial charge in [-0.25, -0.2) is 0 Å². The first-order chi connectivity index (χ1) is 14.4. The summed E-state index contributed by atoms with van der Waals surface area (Å²) in [6.45, 7) is 12.1. The topological polar surface area (TPSA) is 111 Å². The highest BCUT2D eigenvalue weighted by atomic mass is 15.3. The third kappa shape index (κ3) is 5.21. The Morgan fingerprint density at radius 2 is 1.30 bits per heavy atom. The Balaban J connectivity index is 1.93. The molecule has 2 aliphatic carbocycles. The van der Waals surface area contributed by atoms with Crippen molar-refractivity contribution >= 4 is 0 Å². The Morgan fingerprint density at radius 3 is 1.80 bits per heavy atom. The molecule has 1 heterocycles. The number of nitrogens with zero attached hydrogens (tertiary/aromatic N) is 2. The van der Waals surface area contributed by atoms with Crippen molar-refractivity contribution in [2.45, 2.75) is 82.8 Å². The molecule has 0 amide bonds. The van der Waals surface area contributed by atoms with Crippen LogP contribution in [0.5, 0.6) is 0 Å². The second kappa shape index (κ2) is 11.1. The van der Waals surface area contributed by atoms with Crippen LogP contribution in [-0.2, 0) is 0 Å². The Hall–Kier alpha value is -0.240. The third-order valence-corrected chi connectivity index (χ3v) is 8.95. The predicted octanol–water partition coefficient (Wildman–Crippen LogP) is 1.57. The van der Waals surface area contributed by atoms with Gasteiger partial charge in [-0.05, 0) is 94.7 Å². The molecule has 6 atom stereocenters. The number of nitrogens with two attached hydrogens (primary N) is 4. The predicted molar refractivity (Wildman–Crippen MR) is 127 cm³/mol. The lowest BCUT2D eigenvalue weighted by Crippen LogP contribution is -2.70. The number of rotatable bonds is 8. The molecular formula is C24H50N6. The standard InChI is InChI=1S/C24H50N6/c1-18-15-20(5-7-22(18)27)24(21-6-8-23(28)19(2)16-21)17-29(11-3-9-25)13-14-30(24)12-4-10-26/h18-23H,3-17,25-28H2,1-2H3. The van der Waals surface area contributed by atoms with Crippen LogP contribution >= 0.6 is 0 Å². The van der Waals surface area contributed by atoms with Crippen molar-refractivity contribution in [2.24, 2.45) is 46.6 Å². The fraction of sp³-hybridized carbons (Fsp3) is 1.00. The normalized spacial score (nSPS) is 41.8. The van der Waals surface area contributed by atoms with Crippen LogP contribution in [0.15, 0.2) is 0 Å². The lowest BCUT2D eigenvalue weighted by atomic mass is 9.59. The lowest BCUT2D eigenvalue weighted by Gasteiger charge is -2.61. The molecule has 6 nitrogen and oxygen atoms in total. The Morgan fingerprint density at radius 1 is 0.767 bits per heavy atom. The minimum Gasteiger partial charge on any atom is -0.330 e. The lowest BCUT2D eigenvalue weighted by molar-refractivity contribution is -0.106. The van der Waals surface area contributed by atoms with Gasteiger partial charge in [0.15, 0.2) is 0 Å². The number of hydrogen-bond acceptors (Lipinski definition) is 6. The molecule has 30 heavy (non-hydrogen) atoms. The summed E-state index contributed by atoms with van der Waals surface area (Å²) in [7, 11) is 0. The Bertz CT molecular complexity index is 488. The summed E-state index contributed by atoms with van der Waals surface area (Å²) in [5.41, 5.74) is 25.0. The molecule has 2 saturated carbocycles. The van der Waals surface area contributed by atoms with Gasteiger partial charge in [-0.1, -0.05) is 13.8 Å². The van der Waals surface area contributed by atoms with Gasteiger partial charge in [-0.15, -0.1) is 0 Å². The van der Waals surface area contributed by atoms with E-state index in [0.717, 1.165) is 57.4 Å². The summed E-state index contributed by atoms with van der Waals surface area (Å²) in [4.78, 5) is 5.62. The molecule has 0 aromatic rings. The second-order valence-electron chi connectivity index (χ2n) is 10.8. The molecule has 0 bridgehead atoms. The highest BCUT2D eigenvalue weighted by Gasteiger charge is 2.54. The molecule has 0 spiro atoms. The zero-order valence-electron chi connectivity index (χ0n) is 19.8. The minimum atomic E-state index is 0.241. The molecule has 6 heteroatoms. The van der Waals surface area contributed by atoms with E-state index in [1.165, 1.54) is 51.6 Å². The van der Waals surface area contributed by atoms with E-state index >= 15 is 0 Å². The summed E-state index contributed by atoms with van der Waals surface area (Å²) in [5.74, 6) is 2.66. The van der Waals surface area contributed by atoms with Gasteiger partial charge >= 0.3 is 0 Å². The smallest absolute Gasteiger partial charge is 0.0393 e. The van der Waals surface area contributed by atoms with Gasteiger partial charge in [0.2, 0.25) is 0 Å². The summed E-state index contributed by atoms with van der Waals surface area (Å²) in [5, 5.41) is 0. The van der Waals surface area contributed by atoms with E-state index in [2.05, 4.69) is 23.6 Å². The van der Waals surface area contributed by atoms with Gasteiger partial charge in [-0.2, -0.15) is 0 Å². The monoisotopic (exact) mass is 422 g/mol. The second-order valence-corrected chi connectivity index (χ2v) is 10.8. The molecule has 0 radical (unpaired) electrons. The number of piperazine rings is 1. The van der Waals surface area contributed by atoms with Gasteiger partial charge in [0.1, 0.15) is 0 Å². The van der Waals surface area contributed by atoms with E-state index in [0.29, 0.717) is 23.9 Å². The Labute approximate surface area is 185 Å². The molecule has 0 aromatic carbocycles. The Kier molecular flexibility index (Phi) is 9.00. The van der Waals surface area contributed by atoms with Crippen LogP contribution in [0.1, 0.15) is 65.2 Å². The average molecular weight is 423 g/mol. The van der Waals surface area contributed by atoms with Crippen molar-refractivity contribution in [2.75, 3.05) is 45.8 Å². The van der Waals surface area contributed by atoms with Crippen molar-refractivity contribution < 1.29 is 0 Å². The highest BCUT2D eigenvalue weighted by Crippen LogP contribution is 2.49. The van der Waals surface area contributed by atoms with Gasteiger partial charge in [-0.3, -0.25) is 4.90 Å². The van der Waals surface area contributed by atoms with Crippen LogP contribution < -0.4 is 22.9 Å².